The molecule has 1 aromatic carbocycles. The Morgan fingerprint density at radius 1 is 1.39 bits per heavy atom. The normalized spacial score (nSPS) is 12.7. The maximum atomic E-state index is 11.6. The second-order valence-electron chi connectivity index (χ2n) is 6.42. The highest BCUT2D eigenvalue weighted by atomic mass is 79.9. The van der Waals surface area contributed by atoms with E-state index in [-0.39, 0.29) is 6.04 Å². The summed E-state index contributed by atoms with van der Waals surface area (Å²) in [5, 5.41) is 10.3. The van der Waals surface area contributed by atoms with Crippen molar-refractivity contribution in [3.8, 4) is 0 Å². The smallest absolute Gasteiger partial charge is 0.408 e. The van der Waals surface area contributed by atoms with Crippen LogP contribution in [-0.2, 0) is 16.7 Å². The molecule has 128 valence electrons. The summed E-state index contributed by atoms with van der Waals surface area (Å²) >= 11 is 3.47. The largest absolute Gasteiger partial charge is 0.465 e. The van der Waals surface area contributed by atoms with Gasteiger partial charge < -0.3 is 9.84 Å². The molecule has 0 saturated carbocycles. The molecule has 4 nitrogen and oxygen atoms in total. The maximum absolute atomic E-state index is 11.6. The summed E-state index contributed by atoms with van der Waals surface area (Å²) in [7, 11) is 0. The standard InChI is InChI=1S/C18H26BrNO3/c1-5-8-16(20(17(21)22)18(2,3)4)13-23-12-15-10-7-6-9-14(15)11-19/h5-7,9-10,16H,1,8,11-13H2,2-4H3,(H,21,22). The van der Waals surface area contributed by atoms with Gasteiger partial charge in [0.15, 0.2) is 0 Å². The second kappa shape index (κ2) is 9.08. The van der Waals surface area contributed by atoms with Gasteiger partial charge in [-0.3, -0.25) is 4.90 Å². The van der Waals surface area contributed by atoms with Crippen molar-refractivity contribution in [3.63, 3.8) is 0 Å². The number of carbonyl (C=O) groups is 1. The number of amides is 1. The average molecular weight is 384 g/mol. The Labute approximate surface area is 147 Å². The van der Waals surface area contributed by atoms with Crippen molar-refractivity contribution >= 4 is 22.0 Å². The van der Waals surface area contributed by atoms with Crippen molar-refractivity contribution in [3.05, 3.63) is 48.0 Å². The highest BCUT2D eigenvalue weighted by Gasteiger charge is 2.32. The first-order valence-corrected chi connectivity index (χ1v) is 8.77. The van der Waals surface area contributed by atoms with Gasteiger partial charge in [-0.05, 0) is 38.3 Å². The van der Waals surface area contributed by atoms with E-state index in [1.807, 2.05) is 45.0 Å². The van der Waals surface area contributed by atoms with Gasteiger partial charge in [0.2, 0.25) is 0 Å². The molecular formula is C18H26BrNO3. The first-order chi connectivity index (χ1) is 10.8. The topological polar surface area (TPSA) is 49.8 Å². The van der Waals surface area contributed by atoms with E-state index >= 15 is 0 Å². The van der Waals surface area contributed by atoms with Crippen molar-refractivity contribution in [2.24, 2.45) is 0 Å². The Balaban J connectivity index is 2.76. The lowest BCUT2D eigenvalue weighted by Gasteiger charge is -2.39. The zero-order chi connectivity index (χ0) is 17.5. The number of benzene rings is 1. The van der Waals surface area contributed by atoms with E-state index < -0.39 is 11.6 Å². The van der Waals surface area contributed by atoms with E-state index in [9.17, 15) is 9.90 Å². The van der Waals surface area contributed by atoms with Crippen LogP contribution in [0.4, 0.5) is 4.79 Å². The molecule has 0 heterocycles. The lowest BCUT2D eigenvalue weighted by atomic mass is 10.0. The summed E-state index contributed by atoms with van der Waals surface area (Å²) in [5.74, 6) is 0. The molecule has 0 aliphatic heterocycles. The summed E-state index contributed by atoms with van der Waals surface area (Å²) in [5.41, 5.74) is 1.80. The molecule has 1 rings (SSSR count). The van der Waals surface area contributed by atoms with Gasteiger partial charge in [-0.1, -0.05) is 46.3 Å². The molecule has 1 atom stereocenters. The van der Waals surface area contributed by atoms with Gasteiger partial charge in [0.05, 0.1) is 19.3 Å². The predicted octanol–water partition coefficient (Wildman–Crippen LogP) is 4.82. The van der Waals surface area contributed by atoms with Crippen LogP contribution in [0.5, 0.6) is 0 Å². The van der Waals surface area contributed by atoms with Crippen LogP contribution in [0.2, 0.25) is 0 Å². The number of ether oxygens (including phenoxy) is 1. The number of halogens is 1. The minimum atomic E-state index is -0.936. The molecule has 0 saturated heterocycles. The molecule has 0 aliphatic rings. The molecule has 0 spiro atoms. The zero-order valence-corrected chi connectivity index (χ0v) is 15.7. The lowest BCUT2D eigenvalue weighted by Crippen LogP contribution is -2.52. The van der Waals surface area contributed by atoms with Gasteiger partial charge in [-0.2, -0.15) is 0 Å². The van der Waals surface area contributed by atoms with Crippen molar-refractivity contribution in [1.29, 1.82) is 0 Å². The van der Waals surface area contributed by atoms with Crippen molar-refractivity contribution in [2.75, 3.05) is 6.61 Å². The Hall–Kier alpha value is -1.33. The molecule has 0 aliphatic carbocycles. The second-order valence-corrected chi connectivity index (χ2v) is 6.98. The Bertz CT molecular complexity index is 525. The zero-order valence-electron chi connectivity index (χ0n) is 14.1. The fourth-order valence-corrected chi connectivity index (χ4v) is 3.11. The van der Waals surface area contributed by atoms with Crippen LogP contribution in [0, 0.1) is 0 Å². The van der Waals surface area contributed by atoms with Crippen LogP contribution in [0.25, 0.3) is 0 Å². The molecular weight excluding hydrogens is 358 g/mol. The van der Waals surface area contributed by atoms with Crippen molar-refractivity contribution in [1.82, 2.24) is 4.90 Å². The van der Waals surface area contributed by atoms with Gasteiger partial charge in [-0.25, -0.2) is 4.79 Å². The Morgan fingerprint density at radius 3 is 2.48 bits per heavy atom. The SMILES string of the molecule is C=CCC(COCc1ccccc1CBr)N(C(=O)O)C(C)(C)C. The third kappa shape index (κ3) is 5.99. The predicted molar refractivity (Wildman–Crippen MR) is 96.9 cm³/mol. The average Bonchev–Trinajstić information content (AvgIpc) is 2.46. The van der Waals surface area contributed by atoms with E-state index in [1.165, 1.54) is 10.5 Å². The minimum Gasteiger partial charge on any atom is -0.465 e. The van der Waals surface area contributed by atoms with E-state index in [0.29, 0.717) is 19.6 Å². The molecule has 0 aromatic heterocycles. The highest BCUT2D eigenvalue weighted by Crippen LogP contribution is 2.21. The van der Waals surface area contributed by atoms with Crippen LogP contribution in [-0.4, -0.2) is 34.3 Å². The summed E-state index contributed by atoms with van der Waals surface area (Å²) < 4.78 is 5.83. The first-order valence-electron chi connectivity index (χ1n) is 7.65. The maximum Gasteiger partial charge on any atom is 0.408 e. The van der Waals surface area contributed by atoms with Gasteiger partial charge >= 0.3 is 6.09 Å². The fraction of sp³-hybridized carbons (Fsp3) is 0.500. The van der Waals surface area contributed by atoms with Crippen LogP contribution < -0.4 is 0 Å². The monoisotopic (exact) mass is 383 g/mol. The number of rotatable bonds is 8. The third-order valence-electron chi connectivity index (χ3n) is 3.56. The summed E-state index contributed by atoms with van der Waals surface area (Å²) in [6.45, 7) is 10.2. The molecule has 23 heavy (non-hydrogen) atoms. The van der Waals surface area contributed by atoms with Gasteiger partial charge in [0, 0.05) is 10.9 Å². The number of hydrogen-bond donors (Lipinski definition) is 1. The number of alkyl halides is 1. The Morgan fingerprint density at radius 2 is 2.00 bits per heavy atom. The first kappa shape index (κ1) is 19.7. The van der Waals surface area contributed by atoms with E-state index in [0.717, 1.165) is 10.9 Å². The molecule has 5 heteroatoms. The van der Waals surface area contributed by atoms with Crippen LogP contribution in [0.1, 0.15) is 38.3 Å². The minimum absolute atomic E-state index is 0.249. The summed E-state index contributed by atoms with van der Waals surface area (Å²) in [6.07, 6.45) is 1.36. The van der Waals surface area contributed by atoms with Crippen LogP contribution in [0.15, 0.2) is 36.9 Å². The van der Waals surface area contributed by atoms with Crippen LogP contribution in [0.3, 0.4) is 0 Å². The number of nitrogens with zero attached hydrogens (tertiary/aromatic N) is 1. The molecule has 0 radical (unpaired) electrons. The van der Waals surface area contributed by atoms with Crippen molar-refractivity contribution in [2.45, 2.75) is 50.7 Å². The molecule has 1 N–H and O–H groups in total. The number of carboxylic acid groups (broad SMARTS) is 1. The molecule has 0 fully saturated rings. The van der Waals surface area contributed by atoms with Crippen molar-refractivity contribution < 1.29 is 14.6 Å². The van der Waals surface area contributed by atoms with E-state index in [4.69, 9.17) is 4.74 Å². The highest BCUT2D eigenvalue weighted by molar-refractivity contribution is 9.08. The van der Waals surface area contributed by atoms with E-state index in [1.54, 1.807) is 6.08 Å². The van der Waals surface area contributed by atoms with Gasteiger partial charge in [0.1, 0.15) is 0 Å². The van der Waals surface area contributed by atoms with Crippen LogP contribution >= 0.6 is 15.9 Å². The molecule has 1 amide bonds. The summed E-state index contributed by atoms with van der Waals surface area (Å²) in [4.78, 5) is 13.1. The Kier molecular flexibility index (Phi) is 7.79. The lowest BCUT2D eigenvalue weighted by molar-refractivity contribution is 0.0162. The quantitative estimate of drug-likeness (QED) is 0.516. The number of hydrogen-bond acceptors (Lipinski definition) is 2. The third-order valence-corrected chi connectivity index (χ3v) is 4.17. The summed E-state index contributed by atoms with van der Waals surface area (Å²) in [6, 6.07) is 7.80. The molecule has 0 bridgehead atoms. The van der Waals surface area contributed by atoms with Gasteiger partial charge in [-0.15, -0.1) is 6.58 Å². The molecule has 1 unspecified atom stereocenters. The fourth-order valence-electron chi connectivity index (χ4n) is 2.56. The molecule has 1 aromatic rings. The van der Waals surface area contributed by atoms with Gasteiger partial charge in [0.25, 0.3) is 0 Å². The van der Waals surface area contributed by atoms with E-state index in [2.05, 4.69) is 22.5 Å².